The molecule has 19 heteroatoms. The summed E-state index contributed by atoms with van der Waals surface area (Å²) < 4.78 is 68.6. The highest BCUT2D eigenvalue weighted by atomic mass is 35.5. The van der Waals surface area contributed by atoms with E-state index < -0.39 is 25.6 Å². The minimum atomic E-state index is -3.36. The van der Waals surface area contributed by atoms with Crippen LogP contribution in [-0.2, 0) is 37.9 Å². The van der Waals surface area contributed by atoms with Crippen molar-refractivity contribution in [2.75, 3.05) is 61.3 Å². The van der Waals surface area contributed by atoms with Gasteiger partial charge in [-0.15, -0.1) is 12.4 Å². The number of piperidine rings is 2. The summed E-state index contributed by atoms with van der Waals surface area (Å²) in [5.74, 6) is 1.80. The first-order valence-corrected chi connectivity index (χ1v) is 25.5. The van der Waals surface area contributed by atoms with E-state index in [1.165, 1.54) is 5.56 Å². The molecule has 3 amide bonds. The van der Waals surface area contributed by atoms with Crippen LogP contribution in [0.4, 0.5) is 16.2 Å². The molecule has 4 aromatic rings. The average molecular weight is 984 g/mol. The molecule has 5 N–H and O–H groups in total. The van der Waals surface area contributed by atoms with Gasteiger partial charge in [-0.3, -0.25) is 19.0 Å². The Bertz CT molecular complexity index is 2610. The maximum atomic E-state index is 12.8. The number of carbonyl (C=O) groups is 3. The molecule has 0 spiro atoms. The smallest absolute Gasteiger partial charge is 0.410 e. The van der Waals surface area contributed by atoms with Gasteiger partial charge in [0.15, 0.2) is 0 Å². The number of amides is 3. The summed E-state index contributed by atoms with van der Waals surface area (Å²) >= 11 is 0. The van der Waals surface area contributed by atoms with Crippen LogP contribution in [0.5, 0.6) is 11.5 Å². The molecule has 0 unspecified atom stereocenters. The minimum Gasteiger partial charge on any atom is -0.493 e. The third-order valence-corrected chi connectivity index (χ3v) is 12.9. The first kappa shape index (κ1) is 52.4. The summed E-state index contributed by atoms with van der Waals surface area (Å²) in [4.78, 5) is 38.4. The van der Waals surface area contributed by atoms with Gasteiger partial charge in [0.2, 0.25) is 20.0 Å². The first-order valence-electron chi connectivity index (χ1n) is 21.7. The number of rotatable bonds is 12. The number of sulfonamides is 2. The summed E-state index contributed by atoms with van der Waals surface area (Å²) in [5, 5.41) is 9.05. The summed E-state index contributed by atoms with van der Waals surface area (Å²) in [7, 11) is -6.64. The Balaban J connectivity index is 0.000000249. The molecule has 4 aliphatic rings. The Labute approximate surface area is 400 Å². The summed E-state index contributed by atoms with van der Waals surface area (Å²) in [5.41, 5.74) is 5.95. The fourth-order valence-corrected chi connectivity index (χ4v) is 9.79. The lowest BCUT2D eigenvalue weighted by atomic mass is 9.81. The Morgan fingerprint density at radius 2 is 1.16 bits per heavy atom. The number of nitrogens with zero attached hydrogens (tertiary/aromatic N) is 1. The van der Waals surface area contributed by atoms with Gasteiger partial charge < -0.3 is 35.1 Å². The third-order valence-electron chi connectivity index (χ3n) is 11.7. The lowest BCUT2D eigenvalue weighted by Gasteiger charge is -2.39. The number of hydrogen-bond acceptors (Lipinski definition) is 11. The van der Waals surface area contributed by atoms with Crippen molar-refractivity contribution in [3.63, 3.8) is 0 Å². The molecule has 2 fully saturated rings. The molecule has 0 bridgehead atoms. The van der Waals surface area contributed by atoms with E-state index in [-0.39, 0.29) is 55.5 Å². The number of halogens is 1. The topological polar surface area (TPSA) is 211 Å². The molecule has 16 nitrogen and oxygen atoms in total. The van der Waals surface area contributed by atoms with Crippen LogP contribution in [0.3, 0.4) is 0 Å². The number of anilines is 2. The molecular weight excluding hydrogens is 920 g/mol. The zero-order valence-corrected chi connectivity index (χ0v) is 40.2. The van der Waals surface area contributed by atoms with Crippen LogP contribution in [0, 0.1) is 11.8 Å². The lowest BCUT2D eigenvalue weighted by Crippen LogP contribution is -2.46. The van der Waals surface area contributed by atoms with Gasteiger partial charge in [0.1, 0.15) is 17.1 Å². The van der Waals surface area contributed by atoms with E-state index >= 15 is 0 Å². The van der Waals surface area contributed by atoms with Gasteiger partial charge in [-0.05, 0) is 123 Å². The first-order chi connectivity index (χ1) is 30.8. The van der Waals surface area contributed by atoms with E-state index in [4.69, 9.17) is 14.2 Å². The maximum Gasteiger partial charge on any atom is 0.410 e. The van der Waals surface area contributed by atoms with Crippen LogP contribution in [0.15, 0.2) is 84.9 Å². The van der Waals surface area contributed by atoms with Crippen LogP contribution in [0.25, 0.3) is 0 Å². The molecule has 4 atom stereocenters. The van der Waals surface area contributed by atoms with Crippen LogP contribution < -0.4 is 34.9 Å². The van der Waals surface area contributed by atoms with Crippen LogP contribution in [0.2, 0.25) is 0 Å². The number of fused-ring (bicyclic) bond motifs is 2. The molecular formula is C48H63ClN6O10S2. The number of carbonyl (C=O) groups excluding carboxylic acids is 3. The van der Waals surface area contributed by atoms with E-state index in [2.05, 4.69) is 25.4 Å². The highest BCUT2D eigenvalue weighted by Gasteiger charge is 2.35. The van der Waals surface area contributed by atoms with Crippen molar-refractivity contribution in [2.45, 2.75) is 71.6 Å². The fraction of sp³-hybridized carbons (Fsp3) is 0.438. The van der Waals surface area contributed by atoms with E-state index in [1.807, 2.05) is 75.4 Å². The predicted octanol–water partition coefficient (Wildman–Crippen LogP) is 6.85. The number of likely N-dealkylation sites (tertiary alicyclic amines) is 1. The SMILES string of the molecule is C.CC(C)(C)OC(=O)N1CC[C@@H](c2ccc(NS(C)(=O)=O)cc2)[C@H](COc2ccc3c(c2)C(=O)NC3)C1.CS(=O)(=O)Nc1ccc([C@@H]2CCNC[C@H]2COc2ccc3c(c2)C(=O)NC3)cc1.Cl. The van der Waals surface area contributed by atoms with E-state index in [9.17, 15) is 31.2 Å². The number of ether oxygens (including phenoxy) is 3. The normalized spacial score (nSPS) is 19.9. The van der Waals surface area contributed by atoms with Crippen molar-refractivity contribution in [3.8, 4) is 11.5 Å². The molecule has 2 saturated heterocycles. The number of hydrogen-bond donors (Lipinski definition) is 5. The second-order valence-corrected chi connectivity index (χ2v) is 21.6. The predicted molar refractivity (Wildman–Crippen MR) is 262 cm³/mol. The number of benzene rings is 4. The molecule has 4 aliphatic heterocycles. The summed E-state index contributed by atoms with van der Waals surface area (Å²) in [6, 6.07) is 26.0. The Hall–Kier alpha value is -5.56. The van der Waals surface area contributed by atoms with Crippen LogP contribution in [0.1, 0.15) is 95.8 Å². The van der Waals surface area contributed by atoms with Gasteiger partial charge in [0.25, 0.3) is 11.8 Å². The molecule has 4 heterocycles. The fourth-order valence-electron chi connectivity index (χ4n) is 8.66. The second kappa shape index (κ2) is 22.0. The molecule has 0 aromatic heterocycles. The maximum absolute atomic E-state index is 12.8. The Kier molecular flexibility index (Phi) is 17.2. The van der Waals surface area contributed by atoms with Gasteiger partial charge in [-0.2, -0.15) is 0 Å². The van der Waals surface area contributed by atoms with Crippen molar-refractivity contribution < 1.29 is 45.4 Å². The molecule has 0 aliphatic carbocycles. The molecule has 67 heavy (non-hydrogen) atoms. The van der Waals surface area contributed by atoms with Crippen molar-refractivity contribution >= 4 is 61.7 Å². The summed E-state index contributed by atoms with van der Waals surface area (Å²) in [6.45, 7) is 10.3. The van der Waals surface area contributed by atoms with Crippen LogP contribution in [-0.4, -0.2) is 97.1 Å². The lowest BCUT2D eigenvalue weighted by molar-refractivity contribution is 0.0111. The van der Waals surface area contributed by atoms with E-state index in [0.717, 1.165) is 48.7 Å². The second-order valence-electron chi connectivity index (χ2n) is 18.1. The molecule has 0 radical (unpaired) electrons. The Morgan fingerprint density at radius 1 is 0.701 bits per heavy atom. The molecule has 0 saturated carbocycles. The van der Waals surface area contributed by atoms with E-state index in [0.29, 0.717) is 85.7 Å². The van der Waals surface area contributed by atoms with Gasteiger partial charge >= 0.3 is 6.09 Å². The number of nitrogens with one attached hydrogen (secondary N) is 5. The molecule has 8 rings (SSSR count). The Morgan fingerprint density at radius 3 is 1.63 bits per heavy atom. The van der Waals surface area contributed by atoms with Gasteiger partial charge in [-0.1, -0.05) is 43.8 Å². The van der Waals surface area contributed by atoms with Gasteiger partial charge in [0, 0.05) is 67.1 Å². The largest absolute Gasteiger partial charge is 0.493 e. The standard InChI is InChI=1S/C26H33N3O6S.C21H25N3O4S.CH4.ClH/c1-26(2,3)35-25(31)29-12-11-22(17-5-8-20(9-6-17)28-36(4,32)33)19(15-29)16-34-21-10-7-18-14-27-24(30)23(18)13-21;1-29(26,27)24-17-5-2-14(3-6-17)19-8-9-22-11-16(19)13-28-18-7-4-15-12-23-21(25)20(15)10-18;;/h5-10,13,19,22,28H,11-12,14-16H2,1-4H3,(H,27,30);2-7,10,16,19,22,24H,8-9,11-13H2,1H3,(H,23,25);1H4;1H/t19-,22-;16-,19-;;/m00../s1. The minimum absolute atomic E-state index is 0. The van der Waals surface area contributed by atoms with Crippen molar-refractivity contribution in [1.82, 2.24) is 20.9 Å². The van der Waals surface area contributed by atoms with Crippen molar-refractivity contribution in [2.24, 2.45) is 11.8 Å². The van der Waals surface area contributed by atoms with Gasteiger partial charge in [0.05, 0.1) is 25.7 Å². The molecule has 4 aromatic carbocycles. The summed E-state index contributed by atoms with van der Waals surface area (Å²) in [6.07, 6.45) is 3.60. The van der Waals surface area contributed by atoms with E-state index in [1.54, 1.807) is 35.2 Å². The monoisotopic (exact) mass is 982 g/mol. The zero-order chi connectivity index (χ0) is 46.5. The quantitative estimate of drug-likeness (QED) is 0.0991. The van der Waals surface area contributed by atoms with Crippen molar-refractivity contribution in [3.05, 3.63) is 118 Å². The highest BCUT2D eigenvalue weighted by molar-refractivity contribution is 7.92. The van der Waals surface area contributed by atoms with Gasteiger partial charge in [-0.25, -0.2) is 21.6 Å². The van der Waals surface area contributed by atoms with Crippen molar-refractivity contribution in [1.29, 1.82) is 0 Å². The third kappa shape index (κ3) is 14.5. The van der Waals surface area contributed by atoms with Crippen LogP contribution >= 0.6 is 12.4 Å². The molecule has 364 valence electrons. The zero-order valence-electron chi connectivity index (χ0n) is 37.7. The average Bonchev–Trinajstić information content (AvgIpc) is 3.81. The highest BCUT2D eigenvalue weighted by Crippen LogP contribution is 2.36.